The molecule has 1 saturated carbocycles. The molecule has 0 bridgehead atoms. The van der Waals surface area contributed by atoms with E-state index in [-0.39, 0.29) is 17.0 Å². The summed E-state index contributed by atoms with van der Waals surface area (Å²) in [4.78, 5) is 29.8. The third-order valence-corrected chi connectivity index (χ3v) is 3.78. The third-order valence-electron chi connectivity index (χ3n) is 2.96. The third kappa shape index (κ3) is 3.55. The zero-order valence-corrected chi connectivity index (χ0v) is 12.4. The van der Waals surface area contributed by atoms with Gasteiger partial charge in [-0.2, -0.15) is 0 Å². The van der Waals surface area contributed by atoms with Gasteiger partial charge in [0.2, 0.25) is 5.01 Å². The van der Waals surface area contributed by atoms with E-state index in [1.807, 2.05) is 0 Å². The minimum atomic E-state index is -0.480. The van der Waals surface area contributed by atoms with Crippen LogP contribution in [0.2, 0.25) is 0 Å². The molecular weight excluding hydrogens is 280 g/mol. The molecule has 1 aromatic heterocycles. The standard InChI is InChI=1S/C13H18N2O4S/c1-3-19-13(17)11-14-10(8-20-11)12(16)15(6-7-18-2)9-4-5-9/h8-9H,3-7H2,1-2H3. The van der Waals surface area contributed by atoms with Crippen LogP contribution < -0.4 is 0 Å². The predicted octanol–water partition coefficient (Wildman–Crippen LogP) is 1.57. The number of rotatable bonds is 7. The van der Waals surface area contributed by atoms with Crippen LogP contribution in [0.1, 0.15) is 40.1 Å². The Morgan fingerprint density at radius 2 is 2.25 bits per heavy atom. The highest BCUT2D eigenvalue weighted by Gasteiger charge is 2.33. The summed E-state index contributed by atoms with van der Waals surface area (Å²) in [7, 11) is 1.61. The molecule has 0 N–H and O–H groups in total. The lowest BCUT2D eigenvalue weighted by Crippen LogP contribution is -2.36. The van der Waals surface area contributed by atoms with Crippen LogP contribution >= 0.6 is 11.3 Å². The van der Waals surface area contributed by atoms with E-state index in [9.17, 15) is 9.59 Å². The summed E-state index contributed by atoms with van der Waals surface area (Å²) in [6.07, 6.45) is 2.04. The van der Waals surface area contributed by atoms with Gasteiger partial charge in [-0.05, 0) is 19.8 Å². The van der Waals surface area contributed by atoms with E-state index >= 15 is 0 Å². The zero-order valence-electron chi connectivity index (χ0n) is 11.6. The number of thiazole rings is 1. The molecule has 1 amide bonds. The average molecular weight is 298 g/mol. The number of carbonyl (C=O) groups excluding carboxylic acids is 2. The smallest absolute Gasteiger partial charge is 0.367 e. The van der Waals surface area contributed by atoms with E-state index in [0.29, 0.717) is 25.5 Å². The van der Waals surface area contributed by atoms with E-state index in [1.54, 1.807) is 24.3 Å². The zero-order chi connectivity index (χ0) is 14.5. The van der Waals surface area contributed by atoms with Crippen molar-refractivity contribution in [2.24, 2.45) is 0 Å². The number of aromatic nitrogens is 1. The number of amides is 1. The van der Waals surface area contributed by atoms with Crippen LogP contribution in [-0.2, 0) is 9.47 Å². The summed E-state index contributed by atoms with van der Waals surface area (Å²) in [5.41, 5.74) is 0.307. The Balaban J connectivity index is 2.05. The lowest BCUT2D eigenvalue weighted by atomic mass is 10.3. The first-order valence-electron chi connectivity index (χ1n) is 6.60. The molecule has 2 rings (SSSR count). The fourth-order valence-electron chi connectivity index (χ4n) is 1.83. The fourth-order valence-corrected chi connectivity index (χ4v) is 2.51. The number of nitrogens with zero attached hydrogens (tertiary/aromatic N) is 2. The van der Waals surface area contributed by atoms with Crippen LogP contribution in [0.3, 0.4) is 0 Å². The maximum absolute atomic E-state index is 12.4. The van der Waals surface area contributed by atoms with Crippen molar-refractivity contribution in [2.45, 2.75) is 25.8 Å². The lowest BCUT2D eigenvalue weighted by molar-refractivity contribution is 0.0525. The molecule has 20 heavy (non-hydrogen) atoms. The van der Waals surface area contributed by atoms with Gasteiger partial charge in [-0.15, -0.1) is 11.3 Å². The summed E-state index contributed by atoms with van der Waals surface area (Å²) >= 11 is 1.13. The molecule has 1 heterocycles. The molecule has 0 atom stereocenters. The SMILES string of the molecule is CCOC(=O)c1nc(C(=O)N(CCOC)C2CC2)cs1. The van der Waals surface area contributed by atoms with Crippen molar-refractivity contribution >= 4 is 23.2 Å². The first kappa shape index (κ1) is 14.9. The van der Waals surface area contributed by atoms with Gasteiger partial charge in [0.1, 0.15) is 5.69 Å². The van der Waals surface area contributed by atoms with Crippen LogP contribution in [0, 0.1) is 0 Å². The van der Waals surface area contributed by atoms with E-state index in [1.165, 1.54) is 0 Å². The van der Waals surface area contributed by atoms with Crippen molar-refractivity contribution in [1.82, 2.24) is 9.88 Å². The summed E-state index contributed by atoms with van der Waals surface area (Å²) < 4.78 is 9.90. The Kier molecular flexibility index (Phi) is 5.08. The van der Waals surface area contributed by atoms with E-state index in [0.717, 1.165) is 24.2 Å². The number of hydrogen-bond donors (Lipinski definition) is 0. The van der Waals surface area contributed by atoms with E-state index < -0.39 is 5.97 Å². The van der Waals surface area contributed by atoms with Crippen molar-refractivity contribution < 1.29 is 19.1 Å². The van der Waals surface area contributed by atoms with E-state index in [2.05, 4.69) is 4.98 Å². The van der Waals surface area contributed by atoms with Crippen LogP contribution in [-0.4, -0.2) is 54.7 Å². The Labute approximate surface area is 121 Å². The largest absolute Gasteiger partial charge is 0.461 e. The van der Waals surface area contributed by atoms with Crippen molar-refractivity contribution in [1.29, 1.82) is 0 Å². The van der Waals surface area contributed by atoms with Crippen LogP contribution in [0.4, 0.5) is 0 Å². The maximum atomic E-state index is 12.4. The second-order valence-electron chi connectivity index (χ2n) is 4.48. The first-order valence-corrected chi connectivity index (χ1v) is 7.47. The molecule has 0 radical (unpaired) electrons. The van der Waals surface area contributed by atoms with Crippen molar-refractivity contribution in [3.8, 4) is 0 Å². The molecule has 1 aliphatic rings. The molecule has 0 aliphatic heterocycles. The Bertz CT molecular complexity index is 484. The number of hydrogen-bond acceptors (Lipinski definition) is 6. The molecule has 1 fully saturated rings. The Hall–Kier alpha value is -1.47. The van der Waals surface area contributed by atoms with Gasteiger partial charge in [0.15, 0.2) is 0 Å². The van der Waals surface area contributed by atoms with Crippen LogP contribution in [0.5, 0.6) is 0 Å². The molecule has 0 unspecified atom stereocenters. The minimum absolute atomic E-state index is 0.142. The number of esters is 1. The lowest BCUT2D eigenvalue weighted by Gasteiger charge is -2.20. The summed E-state index contributed by atoms with van der Waals surface area (Å²) in [5.74, 6) is -0.622. The number of carbonyl (C=O) groups is 2. The maximum Gasteiger partial charge on any atom is 0.367 e. The Morgan fingerprint density at radius 3 is 2.85 bits per heavy atom. The molecule has 7 heteroatoms. The highest BCUT2D eigenvalue weighted by atomic mass is 32.1. The molecule has 6 nitrogen and oxygen atoms in total. The average Bonchev–Trinajstić information content (AvgIpc) is 3.15. The van der Waals surface area contributed by atoms with Gasteiger partial charge in [0.25, 0.3) is 5.91 Å². The summed E-state index contributed by atoms with van der Waals surface area (Å²) in [6, 6.07) is 0.283. The predicted molar refractivity (Wildman–Crippen MR) is 74.0 cm³/mol. The van der Waals surface area contributed by atoms with Crippen molar-refractivity contribution in [2.75, 3.05) is 26.9 Å². The van der Waals surface area contributed by atoms with Gasteiger partial charge in [-0.3, -0.25) is 4.79 Å². The summed E-state index contributed by atoms with van der Waals surface area (Å²) in [5, 5.41) is 1.83. The van der Waals surface area contributed by atoms with Gasteiger partial charge in [0, 0.05) is 25.1 Å². The van der Waals surface area contributed by atoms with Crippen LogP contribution in [0.25, 0.3) is 0 Å². The van der Waals surface area contributed by atoms with Crippen molar-refractivity contribution in [3.05, 3.63) is 16.1 Å². The van der Waals surface area contributed by atoms with Crippen molar-refractivity contribution in [3.63, 3.8) is 0 Å². The Morgan fingerprint density at radius 1 is 1.50 bits per heavy atom. The summed E-state index contributed by atoms with van der Waals surface area (Å²) in [6.45, 7) is 3.07. The highest BCUT2D eigenvalue weighted by Crippen LogP contribution is 2.28. The molecule has 0 saturated heterocycles. The fraction of sp³-hybridized carbons (Fsp3) is 0.615. The normalized spacial score (nSPS) is 14.1. The molecule has 0 spiro atoms. The van der Waals surface area contributed by atoms with Gasteiger partial charge < -0.3 is 14.4 Å². The topological polar surface area (TPSA) is 68.7 Å². The first-order chi connectivity index (χ1) is 9.67. The molecule has 110 valence electrons. The number of methoxy groups -OCH3 is 1. The monoisotopic (exact) mass is 298 g/mol. The van der Waals surface area contributed by atoms with E-state index in [4.69, 9.17) is 9.47 Å². The van der Waals surface area contributed by atoms with Gasteiger partial charge >= 0.3 is 5.97 Å². The number of ether oxygens (including phenoxy) is 2. The van der Waals surface area contributed by atoms with Gasteiger partial charge in [0.05, 0.1) is 13.2 Å². The molecule has 1 aliphatic carbocycles. The molecule has 0 aromatic carbocycles. The minimum Gasteiger partial charge on any atom is -0.461 e. The highest BCUT2D eigenvalue weighted by molar-refractivity contribution is 7.11. The van der Waals surface area contributed by atoms with Crippen LogP contribution in [0.15, 0.2) is 5.38 Å². The molecule has 1 aromatic rings. The second kappa shape index (κ2) is 6.81. The quantitative estimate of drug-likeness (QED) is 0.715. The second-order valence-corrected chi connectivity index (χ2v) is 5.34. The van der Waals surface area contributed by atoms with Gasteiger partial charge in [-0.25, -0.2) is 9.78 Å². The molecular formula is C13H18N2O4S. The van der Waals surface area contributed by atoms with Gasteiger partial charge in [-0.1, -0.05) is 0 Å².